The molecule has 0 N–H and O–H groups in total. The molecule has 0 bridgehead atoms. The van der Waals surface area contributed by atoms with Crippen molar-refractivity contribution in [3.63, 3.8) is 0 Å². The van der Waals surface area contributed by atoms with Gasteiger partial charge in [-0.25, -0.2) is 0 Å². The van der Waals surface area contributed by atoms with Crippen LogP contribution in [0.25, 0.3) is 220 Å². The predicted molar refractivity (Wildman–Crippen MR) is 496 cm³/mol. The Labute approximate surface area is 673 Å². The van der Waals surface area contributed by atoms with Gasteiger partial charge in [-0.1, -0.05) is 376 Å². The zero-order valence-corrected chi connectivity index (χ0v) is 63.6. The Hall–Kier alpha value is -15.2. The predicted octanol–water partition coefficient (Wildman–Crippen LogP) is 31.5. The van der Waals surface area contributed by atoms with Gasteiger partial charge < -0.3 is 9.13 Å². The minimum atomic E-state index is 1.15. The molecule has 0 aliphatic rings. The lowest BCUT2D eigenvalue weighted by Crippen LogP contribution is -1.94. The summed E-state index contributed by atoms with van der Waals surface area (Å²) in [5.74, 6) is 0. The highest BCUT2D eigenvalue weighted by Gasteiger charge is 2.22. The van der Waals surface area contributed by atoms with Crippen LogP contribution in [0, 0.1) is 0 Å². The van der Waals surface area contributed by atoms with Gasteiger partial charge >= 0.3 is 0 Å². The Balaban J connectivity index is 0.000000141. The molecule has 2 heterocycles. The van der Waals surface area contributed by atoms with Crippen molar-refractivity contribution in [3.05, 3.63) is 449 Å². The summed E-state index contributed by atoms with van der Waals surface area (Å²) in [6.07, 6.45) is 0. The van der Waals surface area contributed by atoms with Gasteiger partial charge in [0.15, 0.2) is 0 Å². The van der Waals surface area contributed by atoms with Crippen molar-refractivity contribution in [2.45, 2.75) is 0 Å². The third-order valence-corrected chi connectivity index (χ3v) is 24.0. The molecule has 116 heavy (non-hydrogen) atoms. The van der Waals surface area contributed by atoms with Gasteiger partial charge in [0.05, 0.1) is 22.1 Å². The number of aromatic nitrogens is 2. The number of hydrogen-bond acceptors (Lipinski definition) is 0. The molecule has 0 amide bonds. The van der Waals surface area contributed by atoms with Crippen molar-refractivity contribution in [3.8, 4) is 112 Å². The minimum Gasteiger partial charge on any atom is -0.309 e. The van der Waals surface area contributed by atoms with E-state index in [-0.39, 0.29) is 0 Å². The van der Waals surface area contributed by atoms with Crippen molar-refractivity contribution in [1.29, 1.82) is 0 Å². The Morgan fingerprint density at radius 2 is 0.319 bits per heavy atom. The molecule has 0 atom stereocenters. The van der Waals surface area contributed by atoms with Gasteiger partial charge in [0, 0.05) is 32.9 Å². The van der Waals surface area contributed by atoms with Crippen molar-refractivity contribution < 1.29 is 0 Å². The molecule has 2 nitrogen and oxygen atoms in total. The van der Waals surface area contributed by atoms with E-state index in [0.29, 0.717) is 0 Å². The molecule has 0 unspecified atom stereocenters. The monoisotopic (exact) mass is 1470 g/mol. The van der Waals surface area contributed by atoms with Crippen LogP contribution in [0.5, 0.6) is 0 Å². The molecule has 0 saturated carbocycles. The molecule has 0 fully saturated rings. The molecule has 21 aromatic carbocycles. The smallest absolute Gasteiger partial charge is 0.0541 e. The highest BCUT2D eigenvalue weighted by atomic mass is 15.0. The van der Waals surface area contributed by atoms with Gasteiger partial charge in [0.2, 0.25) is 0 Å². The van der Waals surface area contributed by atoms with Crippen molar-refractivity contribution in [2.75, 3.05) is 0 Å². The van der Waals surface area contributed by atoms with Crippen LogP contribution in [-0.4, -0.2) is 9.13 Å². The van der Waals surface area contributed by atoms with Crippen LogP contribution in [0.15, 0.2) is 449 Å². The number of nitrogens with zero attached hydrogens (tertiary/aromatic N) is 2. The van der Waals surface area contributed by atoms with E-state index in [1.54, 1.807) is 0 Å². The average molecular weight is 1470 g/mol. The molecule has 0 radical (unpaired) electrons. The van der Waals surface area contributed by atoms with Crippen molar-refractivity contribution in [1.82, 2.24) is 9.13 Å². The lowest BCUT2D eigenvalue weighted by atomic mass is 9.86. The molecular formula is C114H74N2. The maximum Gasteiger partial charge on any atom is 0.0541 e. The van der Waals surface area contributed by atoms with Crippen LogP contribution in [0.3, 0.4) is 0 Å². The van der Waals surface area contributed by atoms with Crippen LogP contribution in [0.2, 0.25) is 0 Å². The lowest BCUT2D eigenvalue weighted by Gasteiger charge is -2.18. The zero-order chi connectivity index (χ0) is 76.6. The Bertz CT molecular complexity index is 7630. The summed E-state index contributed by atoms with van der Waals surface area (Å²) in [7, 11) is 0. The van der Waals surface area contributed by atoms with Crippen molar-refractivity contribution >= 4 is 108 Å². The van der Waals surface area contributed by atoms with E-state index in [1.807, 2.05) is 0 Å². The molecule has 0 aliphatic carbocycles. The number of para-hydroxylation sites is 2. The topological polar surface area (TPSA) is 9.86 Å². The van der Waals surface area contributed by atoms with E-state index in [0.717, 1.165) is 11.4 Å². The van der Waals surface area contributed by atoms with Crippen LogP contribution >= 0.6 is 0 Å². The maximum absolute atomic E-state index is 2.41. The SMILES string of the molecule is c1ccc(-c2c3ccccc3c(-c3ccc(-n4c5ccccc5c5cc(-c6ccc(-c7ccc(-c8ccc9ccccc9c8)cc7)cc6)ccc54)cc3)c3ccccc23)cc1.c1ccc(-c2c3ccccc3c(-c3ccc(-n4c5ccccc5c5cc(-c6ccc(-c7ccc8ccccc8c7)cc6)ccc54)cc3)c3ccccc23)cc1. The zero-order valence-electron chi connectivity index (χ0n) is 63.6. The number of hydrogen-bond donors (Lipinski definition) is 0. The Morgan fingerprint density at radius 1 is 0.112 bits per heavy atom. The second-order valence-corrected chi connectivity index (χ2v) is 30.5. The number of benzene rings is 21. The summed E-state index contributed by atoms with van der Waals surface area (Å²) in [5.41, 5.74) is 29.3. The average Bonchev–Trinajstić information content (AvgIpc) is 1.53. The summed E-state index contributed by atoms with van der Waals surface area (Å²) in [4.78, 5) is 0. The summed E-state index contributed by atoms with van der Waals surface area (Å²) in [6, 6.07) is 164. The fraction of sp³-hybridized carbons (Fsp3) is 0. The quantitative estimate of drug-likeness (QED) is 0.114. The van der Waals surface area contributed by atoms with Gasteiger partial charge in [-0.2, -0.15) is 0 Å². The normalized spacial score (nSPS) is 11.6. The summed E-state index contributed by atoms with van der Waals surface area (Å²) in [5, 5.41) is 20.2. The summed E-state index contributed by atoms with van der Waals surface area (Å²) >= 11 is 0. The first-order valence-electron chi connectivity index (χ1n) is 40.1. The fourth-order valence-electron chi connectivity index (χ4n) is 18.4. The van der Waals surface area contributed by atoms with Crippen LogP contribution in [0.1, 0.15) is 0 Å². The van der Waals surface area contributed by atoms with E-state index >= 15 is 0 Å². The molecule has 2 heteroatoms. The molecule has 23 aromatic rings. The van der Waals surface area contributed by atoms with Crippen molar-refractivity contribution in [2.24, 2.45) is 0 Å². The lowest BCUT2D eigenvalue weighted by molar-refractivity contribution is 1.18. The Kier molecular flexibility index (Phi) is 16.6. The second-order valence-electron chi connectivity index (χ2n) is 30.5. The van der Waals surface area contributed by atoms with E-state index in [2.05, 4.69) is 458 Å². The van der Waals surface area contributed by atoms with E-state index in [1.165, 1.54) is 208 Å². The van der Waals surface area contributed by atoms with Gasteiger partial charge in [-0.15, -0.1) is 0 Å². The van der Waals surface area contributed by atoms with Gasteiger partial charge in [0.1, 0.15) is 0 Å². The minimum absolute atomic E-state index is 1.15. The standard InChI is InChI=1S/C60H39N.C54H35N/c1-2-13-45(14-3-1)59-52-17-6-8-19-54(52)60(55-20-9-7-18-53(55)59)46-32-35-50(36-33-46)61-57-21-11-10-16-51(57)56-39-49(34-37-58(56)61)44-28-24-42(25-29-44)41-22-26-43(27-23-41)48-31-30-40-12-4-5-15-47(40)38-48;1-2-13-39(14-3-1)53-46-17-6-8-19-48(46)54(49-20-9-7-18-47(49)53)40-28-31-44(32-29-40)55-51-21-11-10-16-45(51)50-35-43(30-33-52(50)55)38-24-22-37(23-25-38)42-27-26-36-12-4-5-15-41(36)34-42/h1-39H;1-35H. The first-order valence-corrected chi connectivity index (χ1v) is 40.1. The molecule has 23 rings (SSSR count). The van der Waals surface area contributed by atoms with E-state index < -0.39 is 0 Å². The van der Waals surface area contributed by atoms with Crippen LogP contribution in [0.4, 0.5) is 0 Å². The fourth-order valence-corrected chi connectivity index (χ4v) is 18.4. The van der Waals surface area contributed by atoms with Gasteiger partial charge in [-0.05, 0) is 238 Å². The number of rotatable bonds is 11. The first-order chi connectivity index (χ1) is 57.5. The highest BCUT2D eigenvalue weighted by Crippen LogP contribution is 2.48. The summed E-state index contributed by atoms with van der Waals surface area (Å²) in [6.45, 7) is 0. The molecule has 0 aliphatic heterocycles. The third-order valence-electron chi connectivity index (χ3n) is 24.0. The second kappa shape index (κ2) is 28.5. The van der Waals surface area contributed by atoms with Gasteiger partial charge in [-0.3, -0.25) is 0 Å². The molecule has 2 aromatic heterocycles. The van der Waals surface area contributed by atoms with E-state index in [9.17, 15) is 0 Å². The van der Waals surface area contributed by atoms with Crippen LogP contribution < -0.4 is 0 Å². The first kappa shape index (κ1) is 67.7. The Morgan fingerprint density at radius 3 is 0.629 bits per heavy atom. The molecule has 0 saturated heterocycles. The summed E-state index contributed by atoms with van der Waals surface area (Å²) < 4.78 is 4.83. The van der Waals surface area contributed by atoms with Crippen LogP contribution in [-0.2, 0) is 0 Å². The molecule has 540 valence electrons. The highest BCUT2D eigenvalue weighted by molar-refractivity contribution is 6.23. The largest absolute Gasteiger partial charge is 0.309 e. The molecular weight excluding hydrogens is 1400 g/mol. The van der Waals surface area contributed by atoms with E-state index in [4.69, 9.17) is 0 Å². The molecule has 0 spiro atoms. The maximum atomic E-state index is 2.41. The number of fused-ring (bicyclic) bond motifs is 12. The van der Waals surface area contributed by atoms with Gasteiger partial charge in [0.25, 0.3) is 0 Å². The third kappa shape index (κ3) is 11.8.